The second-order valence-corrected chi connectivity index (χ2v) is 1.50. The van der Waals surface area contributed by atoms with Crippen molar-refractivity contribution < 1.29 is 4.74 Å². The van der Waals surface area contributed by atoms with Crippen LogP contribution in [0.25, 0.3) is 0 Å². The van der Waals surface area contributed by atoms with Crippen LogP contribution in [0.15, 0.2) is 12.5 Å². The van der Waals surface area contributed by atoms with Gasteiger partial charge in [-0.3, -0.25) is 5.41 Å². The van der Waals surface area contributed by atoms with E-state index in [0.717, 1.165) is 0 Å². The fourth-order valence-corrected chi connectivity index (χ4v) is 0.490. The number of rotatable bonds is 1. The summed E-state index contributed by atoms with van der Waals surface area (Å²) < 4.78 is 4.61. The van der Waals surface area contributed by atoms with E-state index >= 15 is 0 Å². The van der Waals surface area contributed by atoms with Crippen molar-refractivity contribution in [2.45, 2.75) is 0 Å². The molecule has 0 unspecified atom stereocenters. The van der Waals surface area contributed by atoms with Crippen LogP contribution in [0.4, 0.5) is 0 Å². The molecule has 0 spiro atoms. The summed E-state index contributed by atoms with van der Waals surface area (Å²) in [7, 11) is 1.45. The Labute approximate surface area is 76.7 Å². The van der Waals surface area contributed by atoms with E-state index in [-0.39, 0.29) is 30.7 Å². The predicted octanol–water partition coefficient (Wildman–Crippen LogP) is 1.23. The first kappa shape index (κ1) is 12.9. The molecule has 1 heterocycles. The minimum atomic E-state index is 0. The minimum absolute atomic E-state index is 0. The number of ether oxygens (including phenoxy) is 1. The van der Waals surface area contributed by atoms with Crippen molar-refractivity contribution in [3.63, 3.8) is 0 Å². The molecule has 4 nitrogen and oxygen atoms in total. The molecular weight excluding hydrogens is 189 g/mol. The monoisotopic (exact) mass is 197 g/mol. The number of aromatic amines is 1. The second kappa shape index (κ2) is 6.00. The van der Waals surface area contributed by atoms with Gasteiger partial charge >= 0.3 is 0 Å². The van der Waals surface area contributed by atoms with Gasteiger partial charge in [-0.25, -0.2) is 4.98 Å². The molecule has 0 aromatic carbocycles. The number of hydrogen-bond donors (Lipinski definition) is 2. The van der Waals surface area contributed by atoms with Gasteiger partial charge in [-0.2, -0.15) is 0 Å². The number of halogens is 2. The summed E-state index contributed by atoms with van der Waals surface area (Å²) in [6.45, 7) is 0. The van der Waals surface area contributed by atoms with E-state index in [2.05, 4.69) is 14.7 Å². The van der Waals surface area contributed by atoms with Crippen molar-refractivity contribution in [1.82, 2.24) is 9.97 Å². The molecule has 0 bridgehead atoms. The van der Waals surface area contributed by atoms with Gasteiger partial charge in [0.15, 0.2) is 0 Å². The molecule has 11 heavy (non-hydrogen) atoms. The van der Waals surface area contributed by atoms with E-state index in [1.807, 2.05) is 0 Å². The van der Waals surface area contributed by atoms with E-state index in [4.69, 9.17) is 5.41 Å². The number of H-pyrrole nitrogens is 1. The quantitative estimate of drug-likeness (QED) is 0.526. The van der Waals surface area contributed by atoms with Crippen LogP contribution in [0.2, 0.25) is 0 Å². The van der Waals surface area contributed by atoms with Crippen LogP contribution < -0.4 is 0 Å². The molecule has 0 aliphatic carbocycles. The maximum Gasteiger partial charge on any atom is 0.231 e. The summed E-state index contributed by atoms with van der Waals surface area (Å²) in [6.07, 6.45) is 3.04. The first-order valence-corrected chi connectivity index (χ1v) is 2.46. The van der Waals surface area contributed by atoms with Crippen LogP contribution in [0, 0.1) is 5.41 Å². The van der Waals surface area contributed by atoms with Crippen molar-refractivity contribution in [3.8, 4) is 0 Å². The number of nitrogens with one attached hydrogen (secondary N) is 2. The van der Waals surface area contributed by atoms with Gasteiger partial charge in [0.25, 0.3) is 0 Å². The lowest BCUT2D eigenvalue weighted by atomic mass is 10.5. The third-order valence-corrected chi connectivity index (χ3v) is 0.947. The Morgan fingerprint density at radius 1 is 1.64 bits per heavy atom. The molecule has 0 amide bonds. The van der Waals surface area contributed by atoms with E-state index in [1.165, 1.54) is 19.6 Å². The lowest BCUT2D eigenvalue weighted by molar-refractivity contribution is 0.400. The van der Waals surface area contributed by atoms with Gasteiger partial charge in [-0.15, -0.1) is 24.8 Å². The molecule has 6 heteroatoms. The minimum Gasteiger partial charge on any atom is -0.480 e. The Bertz CT molecular complexity index is 200. The summed E-state index contributed by atoms with van der Waals surface area (Å²) in [5.41, 5.74) is 0.595. The summed E-state index contributed by atoms with van der Waals surface area (Å²) in [5.74, 6) is 0.104. The molecule has 0 aliphatic heterocycles. The zero-order chi connectivity index (χ0) is 6.69. The lowest BCUT2D eigenvalue weighted by Gasteiger charge is -1.94. The molecule has 1 aromatic rings. The van der Waals surface area contributed by atoms with Crippen molar-refractivity contribution in [3.05, 3.63) is 18.2 Å². The standard InChI is InChI=1S/C5H7N3O.2ClH/c1-9-5(6)4-2-7-3-8-4;;/h2-3,6H,1H3,(H,7,8);2*1H. The lowest BCUT2D eigenvalue weighted by Crippen LogP contribution is -2.00. The van der Waals surface area contributed by atoms with Gasteiger partial charge in [0, 0.05) is 0 Å². The van der Waals surface area contributed by atoms with Crippen molar-refractivity contribution in [2.24, 2.45) is 0 Å². The molecule has 0 fully saturated rings. The van der Waals surface area contributed by atoms with E-state index < -0.39 is 0 Å². The number of aromatic nitrogens is 2. The highest BCUT2D eigenvalue weighted by atomic mass is 35.5. The number of hydrogen-bond acceptors (Lipinski definition) is 3. The Kier molecular flexibility index (Phi) is 7.04. The molecule has 1 rings (SSSR count). The first-order valence-electron chi connectivity index (χ1n) is 2.46. The first-order chi connectivity index (χ1) is 4.34. The van der Waals surface area contributed by atoms with Crippen LogP contribution in [-0.4, -0.2) is 23.0 Å². The van der Waals surface area contributed by atoms with Crippen LogP contribution in [0.1, 0.15) is 5.69 Å². The highest BCUT2D eigenvalue weighted by molar-refractivity contribution is 5.88. The van der Waals surface area contributed by atoms with Crippen LogP contribution in [0.5, 0.6) is 0 Å². The highest BCUT2D eigenvalue weighted by Crippen LogP contribution is 1.91. The van der Waals surface area contributed by atoms with E-state index in [1.54, 1.807) is 0 Å². The molecule has 0 radical (unpaired) electrons. The van der Waals surface area contributed by atoms with Gasteiger partial charge in [0.05, 0.1) is 19.6 Å². The Morgan fingerprint density at radius 3 is 2.64 bits per heavy atom. The Morgan fingerprint density at radius 2 is 2.27 bits per heavy atom. The SMILES string of the molecule is COC(=N)c1cnc[nH]1.Cl.Cl. The largest absolute Gasteiger partial charge is 0.480 e. The Hall–Kier alpha value is -0.740. The molecular formula is C5H9Cl2N3O. The fourth-order valence-electron chi connectivity index (χ4n) is 0.490. The van der Waals surface area contributed by atoms with E-state index in [0.29, 0.717) is 5.69 Å². The van der Waals surface area contributed by atoms with Gasteiger partial charge in [0.2, 0.25) is 5.90 Å². The van der Waals surface area contributed by atoms with Gasteiger partial charge in [-0.1, -0.05) is 0 Å². The third-order valence-electron chi connectivity index (χ3n) is 0.947. The summed E-state index contributed by atoms with van der Waals surface area (Å²) in [6, 6.07) is 0. The van der Waals surface area contributed by atoms with Gasteiger partial charge < -0.3 is 9.72 Å². The third kappa shape index (κ3) is 3.25. The zero-order valence-corrected chi connectivity index (χ0v) is 7.46. The van der Waals surface area contributed by atoms with E-state index in [9.17, 15) is 0 Å². The van der Waals surface area contributed by atoms with Crippen molar-refractivity contribution in [2.75, 3.05) is 7.11 Å². The predicted molar refractivity (Wildman–Crippen MR) is 46.9 cm³/mol. The average Bonchev–Trinajstić information content (AvgIpc) is 2.37. The van der Waals surface area contributed by atoms with Crippen molar-refractivity contribution in [1.29, 1.82) is 5.41 Å². The normalized spacial score (nSPS) is 7.36. The molecule has 64 valence electrons. The maximum atomic E-state index is 7.10. The van der Waals surface area contributed by atoms with Gasteiger partial charge in [-0.05, 0) is 0 Å². The smallest absolute Gasteiger partial charge is 0.231 e. The number of nitrogens with zero attached hydrogens (tertiary/aromatic N) is 1. The molecule has 0 saturated heterocycles. The average molecular weight is 198 g/mol. The Balaban J connectivity index is 0. The maximum absolute atomic E-state index is 7.10. The summed E-state index contributed by atoms with van der Waals surface area (Å²) in [5, 5.41) is 7.10. The highest BCUT2D eigenvalue weighted by Gasteiger charge is 1.98. The topological polar surface area (TPSA) is 61.8 Å². The van der Waals surface area contributed by atoms with Crippen molar-refractivity contribution >= 4 is 30.7 Å². The molecule has 0 aliphatic rings. The fraction of sp³-hybridized carbons (Fsp3) is 0.200. The zero-order valence-electron chi connectivity index (χ0n) is 5.83. The second-order valence-electron chi connectivity index (χ2n) is 1.50. The van der Waals surface area contributed by atoms with Gasteiger partial charge in [0.1, 0.15) is 5.69 Å². The van der Waals surface area contributed by atoms with Crippen LogP contribution in [-0.2, 0) is 4.74 Å². The van der Waals surface area contributed by atoms with Crippen LogP contribution >= 0.6 is 24.8 Å². The molecule has 0 atom stereocenters. The molecule has 2 N–H and O–H groups in total. The number of methoxy groups -OCH3 is 1. The van der Waals surface area contributed by atoms with Crippen LogP contribution in [0.3, 0.4) is 0 Å². The molecule has 1 aromatic heterocycles. The summed E-state index contributed by atoms with van der Waals surface area (Å²) in [4.78, 5) is 6.44. The molecule has 0 saturated carbocycles. The number of imidazole rings is 1. The summed E-state index contributed by atoms with van der Waals surface area (Å²) >= 11 is 0.